The van der Waals surface area contributed by atoms with Crippen LogP contribution in [0.1, 0.15) is 6.42 Å². The van der Waals surface area contributed by atoms with Crippen molar-refractivity contribution in [2.75, 3.05) is 12.3 Å². The second-order valence-electron chi connectivity index (χ2n) is 6.01. The van der Waals surface area contributed by atoms with Gasteiger partial charge in [0.05, 0.1) is 11.5 Å². The van der Waals surface area contributed by atoms with Gasteiger partial charge in [0.25, 0.3) is 0 Å². The number of aromatic nitrogens is 3. The summed E-state index contributed by atoms with van der Waals surface area (Å²) in [4.78, 5) is 8.58. The molecule has 0 radical (unpaired) electrons. The number of fused-ring (bicyclic) bond motifs is 1. The Kier molecular flexibility index (Phi) is 3.48. The van der Waals surface area contributed by atoms with E-state index in [1.54, 1.807) is 0 Å². The second kappa shape index (κ2) is 5.64. The number of rotatable bonds is 3. The molecule has 118 valence electrons. The third-order valence-electron chi connectivity index (χ3n) is 4.38. The molecule has 3 heterocycles. The summed E-state index contributed by atoms with van der Waals surface area (Å²) >= 11 is 0. The highest BCUT2D eigenvalue weighted by Gasteiger charge is 2.24. The number of aliphatic hydroxyl groups is 1. The molecule has 3 aromatic rings. The topological polar surface area (TPSA) is 89.0 Å². The van der Waals surface area contributed by atoms with E-state index >= 15 is 0 Å². The van der Waals surface area contributed by atoms with Gasteiger partial charge in [-0.3, -0.25) is 0 Å². The second-order valence-corrected chi connectivity index (χ2v) is 6.01. The number of nitrogens with zero attached hydrogens (tertiary/aromatic N) is 3. The first-order chi connectivity index (χ1) is 11.2. The summed E-state index contributed by atoms with van der Waals surface area (Å²) in [6.45, 7) is 1.39. The van der Waals surface area contributed by atoms with E-state index in [2.05, 4.69) is 38.2 Å². The fourth-order valence-electron chi connectivity index (χ4n) is 3.30. The van der Waals surface area contributed by atoms with Crippen LogP contribution in [0.2, 0.25) is 0 Å². The molecular weight excluding hydrogens is 290 g/mol. The summed E-state index contributed by atoms with van der Waals surface area (Å²) in [6, 6.07) is 10.4. The van der Waals surface area contributed by atoms with Crippen LogP contribution in [0.3, 0.4) is 0 Å². The summed E-state index contributed by atoms with van der Waals surface area (Å²) in [6.07, 6.45) is 4.06. The monoisotopic (exact) mass is 309 g/mol. The van der Waals surface area contributed by atoms with Gasteiger partial charge in [0.15, 0.2) is 0 Å². The lowest BCUT2D eigenvalue weighted by Gasteiger charge is -2.11. The van der Waals surface area contributed by atoms with Crippen LogP contribution in [0.5, 0.6) is 0 Å². The highest BCUT2D eigenvalue weighted by atomic mass is 16.3. The van der Waals surface area contributed by atoms with Crippen molar-refractivity contribution in [2.24, 2.45) is 0 Å². The third-order valence-corrected chi connectivity index (χ3v) is 4.38. The molecule has 0 spiro atoms. The Morgan fingerprint density at radius 2 is 2.09 bits per heavy atom. The van der Waals surface area contributed by atoms with Crippen LogP contribution in [0.4, 0.5) is 5.82 Å². The Bertz CT molecular complexity index is 830. The van der Waals surface area contributed by atoms with Crippen molar-refractivity contribution in [3.8, 4) is 11.1 Å². The molecule has 4 rings (SSSR count). The van der Waals surface area contributed by atoms with Gasteiger partial charge in [-0.25, -0.2) is 9.97 Å². The standard InChI is InChI=1S/C17H19N5O/c18-16-15-14(11-4-2-1-3-5-11)9-22(17(15)21-10-20-16)8-12-6-13(23)7-19-12/h1-5,9-10,12-13,19,23H,6-8H2,(H2,18,20,21)/t12-,13+/m0/s1. The van der Waals surface area contributed by atoms with Gasteiger partial charge in [-0.05, 0) is 12.0 Å². The smallest absolute Gasteiger partial charge is 0.146 e. The molecule has 2 aromatic heterocycles. The van der Waals surface area contributed by atoms with E-state index in [4.69, 9.17) is 5.73 Å². The highest BCUT2D eigenvalue weighted by Crippen LogP contribution is 2.32. The number of anilines is 1. The van der Waals surface area contributed by atoms with E-state index in [-0.39, 0.29) is 12.1 Å². The van der Waals surface area contributed by atoms with E-state index in [1.807, 2.05) is 18.2 Å². The molecule has 1 fully saturated rings. The van der Waals surface area contributed by atoms with Crippen LogP contribution < -0.4 is 11.1 Å². The molecule has 1 aliphatic rings. The average Bonchev–Trinajstić information content (AvgIpc) is 3.14. The normalized spacial score (nSPS) is 21.1. The van der Waals surface area contributed by atoms with Crippen molar-refractivity contribution in [1.82, 2.24) is 19.9 Å². The Morgan fingerprint density at radius 1 is 1.26 bits per heavy atom. The van der Waals surface area contributed by atoms with Gasteiger partial charge in [0, 0.05) is 30.9 Å². The lowest BCUT2D eigenvalue weighted by Crippen LogP contribution is -2.26. The molecule has 0 aliphatic carbocycles. The number of hydrogen-bond acceptors (Lipinski definition) is 5. The zero-order chi connectivity index (χ0) is 15.8. The fourth-order valence-corrected chi connectivity index (χ4v) is 3.30. The number of nitrogen functional groups attached to an aromatic ring is 1. The molecule has 4 N–H and O–H groups in total. The number of benzene rings is 1. The summed E-state index contributed by atoms with van der Waals surface area (Å²) < 4.78 is 2.10. The summed E-state index contributed by atoms with van der Waals surface area (Å²) in [5.41, 5.74) is 9.08. The SMILES string of the molecule is Nc1ncnc2c1c(-c1ccccc1)cn2C[C@@H]1C[C@@H](O)CN1. The molecule has 0 amide bonds. The Hall–Kier alpha value is -2.44. The zero-order valence-corrected chi connectivity index (χ0v) is 12.7. The van der Waals surface area contributed by atoms with Crippen molar-refractivity contribution < 1.29 is 5.11 Å². The van der Waals surface area contributed by atoms with Crippen molar-refractivity contribution in [2.45, 2.75) is 25.1 Å². The van der Waals surface area contributed by atoms with Gasteiger partial charge < -0.3 is 20.7 Å². The minimum absolute atomic E-state index is 0.236. The molecule has 1 aromatic carbocycles. The summed E-state index contributed by atoms with van der Waals surface area (Å²) in [5, 5.41) is 13.9. The lowest BCUT2D eigenvalue weighted by molar-refractivity contribution is 0.192. The van der Waals surface area contributed by atoms with Crippen LogP contribution in [0.15, 0.2) is 42.9 Å². The maximum Gasteiger partial charge on any atom is 0.146 e. The Balaban J connectivity index is 1.81. The quantitative estimate of drug-likeness (QED) is 0.680. The minimum Gasteiger partial charge on any atom is -0.392 e. The van der Waals surface area contributed by atoms with Gasteiger partial charge in [0.2, 0.25) is 0 Å². The number of nitrogens with one attached hydrogen (secondary N) is 1. The Morgan fingerprint density at radius 3 is 2.83 bits per heavy atom. The van der Waals surface area contributed by atoms with Crippen LogP contribution in [-0.4, -0.2) is 38.3 Å². The number of β-amino-alcohol motifs (C(OH)–C–C–N with tert-alkyl or cyclic N) is 1. The molecule has 0 unspecified atom stereocenters. The zero-order valence-electron chi connectivity index (χ0n) is 12.7. The minimum atomic E-state index is -0.268. The van der Waals surface area contributed by atoms with Crippen molar-refractivity contribution in [1.29, 1.82) is 0 Å². The van der Waals surface area contributed by atoms with E-state index in [0.717, 1.165) is 35.1 Å². The largest absolute Gasteiger partial charge is 0.392 e. The molecule has 6 nitrogen and oxygen atoms in total. The van der Waals surface area contributed by atoms with Gasteiger partial charge in [-0.2, -0.15) is 0 Å². The lowest BCUT2D eigenvalue weighted by atomic mass is 10.1. The first kappa shape index (κ1) is 14.2. The van der Waals surface area contributed by atoms with E-state index in [0.29, 0.717) is 12.4 Å². The maximum absolute atomic E-state index is 9.70. The Labute approximate surface area is 134 Å². The van der Waals surface area contributed by atoms with Crippen LogP contribution in [0, 0.1) is 0 Å². The van der Waals surface area contributed by atoms with E-state index < -0.39 is 0 Å². The molecular formula is C17H19N5O. The number of nitrogens with two attached hydrogens (primary N) is 1. The predicted octanol–water partition coefficient (Wildman–Crippen LogP) is 1.40. The molecule has 23 heavy (non-hydrogen) atoms. The highest BCUT2D eigenvalue weighted by molar-refractivity contribution is 6.00. The van der Waals surface area contributed by atoms with Gasteiger partial charge in [0.1, 0.15) is 17.8 Å². The molecule has 0 saturated carbocycles. The van der Waals surface area contributed by atoms with Crippen molar-refractivity contribution in [3.05, 3.63) is 42.9 Å². The first-order valence-corrected chi connectivity index (χ1v) is 7.78. The molecule has 1 aliphatic heterocycles. The number of hydrogen-bond donors (Lipinski definition) is 3. The first-order valence-electron chi connectivity index (χ1n) is 7.78. The average molecular weight is 309 g/mol. The molecule has 6 heteroatoms. The van der Waals surface area contributed by atoms with E-state index in [9.17, 15) is 5.11 Å². The van der Waals surface area contributed by atoms with Gasteiger partial charge >= 0.3 is 0 Å². The molecule has 0 bridgehead atoms. The van der Waals surface area contributed by atoms with Crippen molar-refractivity contribution >= 4 is 16.9 Å². The van der Waals surface area contributed by atoms with Crippen LogP contribution >= 0.6 is 0 Å². The summed E-state index contributed by atoms with van der Waals surface area (Å²) in [5.74, 6) is 0.493. The summed E-state index contributed by atoms with van der Waals surface area (Å²) in [7, 11) is 0. The van der Waals surface area contributed by atoms with Gasteiger partial charge in [-0.1, -0.05) is 30.3 Å². The van der Waals surface area contributed by atoms with Crippen LogP contribution in [-0.2, 0) is 6.54 Å². The number of aliphatic hydroxyl groups excluding tert-OH is 1. The predicted molar refractivity (Wildman–Crippen MR) is 89.8 cm³/mol. The van der Waals surface area contributed by atoms with Crippen LogP contribution in [0.25, 0.3) is 22.2 Å². The molecule has 2 atom stereocenters. The van der Waals surface area contributed by atoms with E-state index in [1.165, 1.54) is 6.33 Å². The maximum atomic E-state index is 9.70. The molecule has 1 saturated heterocycles. The van der Waals surface area contributed by atoms with Crippen molar-refractivity contribution in [3.63, 3.8) is 0 Å². The fraction of sp³-hybridized carbons (Fsp3) is 0.294. The van der Waals surface area contributed by atoms with Gasteiger partial charge in [-0.15, -0.1) is 0 Å². The third kappa shape index (κ3) is 2.56.